The van der Waals surface area contributed by atoms with Gasteiger partial charge in [0, 0.05) is 12.2 Å². The van der Waals surface area contributed by atoms with Crippen LogP contribution in [0, 0.1) is 13.8 Å². The Morgan fingerprint density at radius 3 is 2.73 bits per heavy atom. The van der Waals surface area contributed by atoms with Gasteiger partial charge in [-0.05, 0) is 32.3 Å². The number of hydrogen-bond donors (Lipinski definition) is 1. The second-order valence-electron chi connectivity index (χ2n) is 6.42. The largest absolute Gasteiger partial charge is 0.309 e. The summed E-state index contributed by atoms with van der Waals surface area (Å²) in [5.74, 6) is 1.24. The van der Waals surface area contributed by atoms with Crippen molar-refractivity contribution in [3.05, 3.63) is 27.6 Å². The summed E-state index contributed by atoms with van der Waals surface area (Å²) < 4.78 is 2.18. The zero-order valence-electron chi connectivity index (χ0n) is 14.8. The summed E-state index contributed by atoms with van der Waals surface area (Å²) in [6.45, 7) is 3.75. The number of aryl methyl sites for hydroxylation is 1. The first-order valence-electron chi connectivity index (χ1n) is 8.62. The Morgan fingerprint density at radius 2 is 2.00 bits per heavy atom. The molecule has 0 spiro atoms. The van der Waals surface area contributed by atoms with Gasteiger partial charge in [0.1, 0.15) is 5.82 Å². The van der Waals surface area contributed by atoms with Gasteiger partial charge in [-0.25, -0.2) is 4.98 Å². The van der Waals surface area contributed by atoms with Crippen LogP contribution in [0.15, 0.2) is 11.4 Å². The molecule has 0 unspecified atom stereocenters. The first kappa shape index (κ1) is 19.5. The summed E-state index contributed by atoms with van der Waals surface area (Å²) in [7, 11) is 0. The van der Waals surface area contributed by atoms with Crippen LogP contribution in [-0.4, -0.2) is 31.4 Å². The van der Waals surface area contributed by atoms with E-state index in [0.717, 1.165) is 23.8 Å². The number of anilines is 1. The normalized spacial score (nSPS) is 15.2. The number of pyridine rings is 1. The van der Waals surface area contributed by atoms with Crippen LogP contribution in [0.5, 0.6) is 0 Å². The van der Waals surface area contributed by atoms with Crippen molar-refractivity contribution in [3.63, 3.8) is 0 Å². The van der Waals surface area contributed by atoms with Gasteiger partial charge in [-0.1, -0.05) is 54.2 Å². The maximum absolute atomic E-state index is 12.3. The van der Waals surface area contributed by atoms with Crippen LogP contribution < -0.4 is 5.32 Å². The predicted molar refractivity (Wildman–Crippen MR) is 105 cm³/mol. The smallest absolute Gasteiger partial charge is 0.236 e. The van der Waals surface area contributed by atoms with E-state index in [1.165, 1.54) is 37.2 Å². The monoisotopic (exact) mass is 413 g/mol. The number of nitrogens with zero attached hydrogens (tertiary/aromatic N) is 4. The molecule has 2 aromatic rings. The number of thioether (sulfide) groups is 1. The summed E-state index contributed by atoms with van der Waals surface area (Å²) in [5, 5.41) is 12.8. The molecule has 140 valence electrons. The summed E-state index contributed by atoms with van der Waals surface area (Å²) in [6.07, 6.45) is 7.51. The summed E-state index contributed by atoms with van der Waals surface area (Å²) in [5.41, 5.74) is 0.693. The van der Waals surface area contributed by atoms with Crippen LogP contribution in [0.1, 0.15) is 49.5 Å². The summed E-state index contributed by atoms with van der Waals surface area (Å²) >= 11 is 13.6. The molecule has 9 heteroatoms. The second kappa shape index (κ2) is 8.59. The second-order valence-corrected chi connectivity index (χ2v) is 8.15. The Bertz CT molecular complexity index is 805. The van der Waals surface area contributed by atoms with Gasteiger partial charge in [0.25, 0.3) is 0 Å². The average molecular weight is 414 g/mol. The fraction of sp³-hybridized carbons (Fsp3) is 0.529. The Hall–Kier alpha value is -1.31. The minimum Gasteiger partial charge on any atom is -0.309 e. The first-order chi connectivity index (χ1) is 12.5. The van der Waals surface area contributed by atoms with E-state index < -0.39 is 0 Å². The van der Waals surface area contributed by atoms with Gasteiger partial charge in [0.15, 0.2) is 11.0 Å². The molecule has 0 atom stereocenters. The van der Waals surface area contributed by atoms with Crippen LogP contribution in [0.3, 0.4) is 0 Å². The molecule has 1 N–H and O–H groups in total. The van der Waals surface area contributed by atoms with E-state index in [-0.39, 0.29) is 11.7 Å². The number of hydrogen-bond acceptors (Lipinski definition) is 5. The van der Waals surface area contributed by atoms with Gasteiger partial charge >= 0.3 is 0 Å². The molecular formula is C17H21Cl2N5OS. The van der Waals surface area contributed by atoms with Gasteiger partial charge in [0.2, 0.25) is 5.91 Å². The Morgan fingerprint density at radius 1 is 1.27 bits per heavy atom. The minimum absolute atomic E-state index is 0.193. The van der Waals surface area contributed by atoms with Crippen molar-refractivity contribution in [2.75, 3.05) is 11.1 Å². The van der Waals surface area contributed by atoms with Crippen LogP contribution in [0.2, 0.25) is 10.0 Å². The molecule has 1 saturated carbocycles. The van der Waals surface area contributed by atoms with Crippen LogP contribution in [-0.2, 0) is 4.79 Å². The van der Waals surface area contributed by atoms with Crippen molar-refractivity contribution in [1.29, 1.82) is 0 Å². The van der Waals surface area contributed by atoms with Gasteiger partial charge in [-0.3, -0.25) is 4.79 Å². The standard InChI is InChI=1S/C17H21Cl2N5OS/c1-10-13(18)8-20-16(15(10)19)21-14(25)9-26-17-23-22-11(2)24(17)12-6-4-3-5-7-12/h8,12H,3-7,9H2,1-2H3,(H,20,21,25). The zero-order chi connectivity index (χ0) is 18.7. The maximum atomic E-state index is 12.3. The van der Waals surface area contributed by atoms with Crippen molar-refractivity contribution in [2.24, 2.45) is 0 Å². The highest BCUT2D eigenvalue weighted by Crippen LogP contribution is 2.33. The minimum atomic E-state index is -0.193. The molecule has 1 amide bonds. The fourth-order valence-electron chi connectivity index (χ4n) is 3.15. The van der Waals surface area contributed by atoms with Crippen molar-refractivity contribution in [3.8, 4) is 0 Å². The number of amides is 1. The molecule has 26 heavy (non-hydrogen) atoms. The molecular weight excluding hydrogens is 393 g/mol. The molecule has 3 rings (SSSR count). The highest BCUT2D eigenvalue weighted by Gasteiger charge is 2.22. The third kappa shape index (κ3) is 4.32. The van der Waals surface area contributed by atoms with Crippen molar-refractivity contribution in [1.82, 2.24) is 19.7 Å². The molecule has 2 aromatic heterocycles. The Labute approximate surface area is 167 Å². The topological polar surface area (TPSA) is 72.7 Å². The first-order valence-corrected chi connectivity index (χ1v) is 10.4. The average Bonchev–Trinajstić information content (AvgIpc) is 3.02. The number of aromatic nitrogens is 4. The lowest BCUT2D eigenvalue weighted by Gasteiger charge is -2.24. The van der Waals surface area contributed by atoms with Crippen molar-refractivity contribution >= 4 is 46.7 Å². The van der Waals surface area contributed by atoms with Crippen LogP contribution in [0.4, 0.5) is 5.82 Å². The Kier molecular flexibility index (Phi) is 6.42. The van der Waals surface area contributed by atoms with Gasteiger partial charge in [0.05, 0.1) is 15.8 Å². The molecule has 0 aliphatic heterocycles. The van der Waals surface area contributed by atoms with Gasteiger partial charge in [-0.15, -0.1) is 10.2 Å². The van der Waals surface area contributed by atoms with Crippen molar-refractivity contribution in [2.45, 2.75) is 57.1 Å². The summed E-state index contributed by atoms with van der Waals surface area (Å²) in [6, 6.07) is 0.430. The lowest BCUT2D eigenvalue weighted by Crippen LogP contribution is -2.18. The third-order valence-electron chi connectivity index (χ3n) is 4.57. The maximum Gasteiger partial charge on any atom is 0.236 e. The van der Waals surface area contributed by atoms with Crippen LogP contribution >= 0.6 is 35.0 Å². The number of nitrogens with one attached hydrogen (secondary N) is 1. The van der Waals surface area contributed by atoms with E-state index in [2.05, 4.69) is 25.1 Å². The molecule has 1 aliphatic carbocycles. The van der Waals surface area contributed by atoms with Gasteiger partial charge < -0.3 is 9.88 Å². The molecule has 6 nitrogen and oxygen atoms in total. The molecule has 0 bridgehead atoms. The predicted octanol–water partition coefficient (Wildman–Crippen LogP) is 4.83. The Balaban J connectivity index is 1.64. The lowest BCUT2D eigenvalue weighted by atomic mass is 9.95. The van der Waals surface area contributed by atoms with E-state index in [0.29, 0.717) is 27.5 Å². The molecule has 0 saturated heterocycles. The molecule has 0 aromatic carbocycles. The number of carbonyl (C=O) groups is 1. The SMILES string of the molecule is Cc1c(Cl)cnc(NC(=O)CSc2nnc(C)n2C2CCCCC2)c1Cl. The van der Waals surface area contributed by atoms with E-state index in [1.807, 2.05) is 6.92 Å². The zero-order valence-corrected chi connectivity index (χ0v) is 17.1. The van der Waals surface area contributed by atoms with E-state index >= 15 is 0 Å². The van der Waals surface area contributed by atoms with E-state index in [9.17, 15) is 4.79 Å². The summed E-state index contributed by atoms with van der Waals surface area (Å²) in [4.78, 5) is 16.4. The van der Waals surface area contributed by atoms with Gasteiger partial charge in [-0.2, -0.15) is 0 Å². The number of rotatable bonds is 5. The van der Waals surface area contributed by atoms with E-state index in [1.54, 1.807) is 6.92 Å². The highest BCUT2D eigenvalue weighted by molar-refractivity contribution is 7.99. The van der Waals surface area contributed by atoms with Crippen molar-refractivity contribution < 1.29 is 4.79 Å². The quantitative estimate of drug-likeness (QED) is 0.710. The number of halogens is 2. The van der Waals surface area contributed by atoms with E-state index in [4.69, 9.17) is 23.2 Å². The lowest BCUT2D eigenvalue weighted by molar-refractivity contribution is -0.113. The molecule has 1 aliphatic rings. The van der Waals surface area contributed by atoms with Crippen LogP contribution in [0.25, 0.3) is 0 Å². The molecule has 2 heterocycles. The fourth-order valence-corrected chi connectivity index (χ4v) is 4.39. The number of carbonyl (C=O) groups excluding carboxylic acids is 1. The molecule has 1 fully saturated rings. The molecule has 0 radical (unpaired) electrons. The highest BCUT2D eigenvalue weighted by atomic mass is 35.5. The third-order valence-corrected chi connectivity index (χ3v) is 6.35.